The molecule has 0 saturated carbocycles. The SMILES string of the molecule is Cl.N=C(NC(=N)N1CCC(F)(F)CC1)Nc1ccc(Cl)c(Cl)c1. The molecule has 1 fully saturated rings. The second-order valence-electron chi connectivity index (χ2n) is 4.95. The minimum absolute atomic E-state index is 0. The highest BCUT2D eigenvalue weighted by Crippen LogP contribution is 2.27. The fourth-order valence-corrected chi connectivity index (χ4v) is 2.30. The summed E-state index contributed by atoms with van der Waals surface area (Å²) in [6.45, 7) is 0.164. The third-order valence-corrected chi connectivity index (χ3v) is 3.98. The van der Waals surface area contributed by atoms with Crippen LogP contribution in [0.25, 0.3) is 0 Å². The van der Waals surface area contributed by atoms with E-state index in [9.17, 15) is 8.78 Å². The molecule has 10 heteroatoms. The highest BCUT2D eigenvalue weighted by Gasteiger charge is 2.34. The van der Waals surface area contributed by atoms with E-state index in [1.165, 1.54) is 4.90 Å². The first-order chi connectivity index (χ1) is 10.3. The Hall–Kier alpha value is -1.31. The summed E-state index contributed by atoms with van der Waals surface area (Å²) in [5, 5.41) is 21.6. The van der Waals surface area contributed by atoms with Crippen LogP contribution in [0.5, 0.6) is 0 Å². The van der Waals surface area contributed by atoms with Gasteiger partial charge in [-0.2, -0.15) is 0 Å². The summed E-state index contributed by atoms with van der Waals surface area (Å²) in [4.78, 5) is 1.47. The lowest BCUT2D eigenvalue weighted by molar-refractivity contribution is -0.0438. The van der Waals surface area contributed by atoms with E-state index in [2.05, 4.69) is 10.6 Å². The normalized spacial score (nSPS) is 16.3. The Morgan fingerprint density at radius 1 is 1.13 bits per heavy atom. The number of rotatable bonds is 1. The predicted molar refractivity (Wildman–Crippen MR) is 91.7 cm³/mol. The Morgan fingerprint density at radius 3 is 2.30 bits per heavy atom. The summed E-state index contributed by atoms with van der Waals surface area (Å²) in [5.74, 6) is -2.91. The minimum atomic E-state index is -2.66. The number of anilines is 1. The maximum atomic E-state index is 13.1. The predicted octanol–water partition coefficient (Wildman–Crippen LogP) is 4.02. The average Bonchev–Trinajstić information content (AvgIpc) is 2.42. The zero-order valence-electron chi connectivity index (χ0n) is 11.9. The molecule has 23 heavy (non-hydrogen) atoms. The van der Waals surface area contributed by atoms with Crippen LogP contribution in [0, 0.1) is 10.8 Å². The van der Waals surface area contributed by atoms with Crippen molar-refractivity contribution in [3.63, 3.8) is 0 Å². The number of likely N-dealkylation sites (tertiary alicyclic amines) is 1. The zero-order valence-corrected chi connectivity index (χ0v) is 14.3. The van der Waals surface area contributed by atoms with E-state index in [1.54, 1.807) is 18.2 Å². The Kier molecular flexibility index (Phi) is 6.85. The smallest absolute Gasteiger partial charge is 0.251 e. The fraction of sp³-hybridized carbons (Fsp3) is 0.385. The topological polar surface area (TPSA) is 75.0 Å². The number of piperidine rings is 1. The van der Waals surface area contributed by atoms with Gasteiger partial charge in [-0.05, 0) is 18.2 Å². The van der Waals surface area contributed by atoms with Crippen molar-refractivity contribution in [2.75, 3.05) is 18.4 Å². The molecule has 1 aliphatic heterocycles. The summed E-state index contributed by atoms with van der Waals surface area (Å²) < 4.78 is 26.1. The van der Waals surface area contributed by atoms with Gasteiger partial charge in [-0.3, -0.25) is 16.1 Å². The van der Waals surface area contributed by atoms with E-state index in [4.69, 9.17) is 34.0 Å². The van der Waals surface area contributed by atoms with Crippen LogP contribution in [-0.4, -0.2) is 35.8 Å². The Bertz CT molecular complexity index is 587. The first kappa shape index (κ1) is 19.7. The molecule has 0 spiro atoms. The fourth-order valence-electron chi connectivity index (χ4n) is 2.00. The van der Waals surface area contributed by atoms with E-state index in [0.717, 1.165) is 0 Å². The average molecular weight is 387 g/mol. The molecular weight excluding hydrogens is 371 g/mol. The first-order valence-electron chi connectivity index (χ1n) is 6.56. The molecule has 1 aromatic rings. The van der Waals surface area contributed by atoms with Crippen LogP contribution in [0.3, 0.4) is 0 Å². The van der Waals surface area contributed by atoms with E-state index < -0.39 is 5.92 Å². The summed E-state index contributed by atoms with van der Waals surface area (Å²) in [6, 6.07) is 4.76. The minimum Gasteiger partial charge on any atom is -0.342 e. The molecule has 1 aliphatic rings. The van der Waals surface area contributed by atoms with E-state index in [-0.39, 0.29) is 50.3 Å². The van der Waals surface area contributed by atoms with Crippen molar-refractivity contribution in [1.82, 2.24) is 10.2 Å². The lowest BCUT2D eigenvalue weighted by Gasteiger charge is -2.33. The van der Waals surface area contributed by atoms with Gasteiger partial charge in [-0.25, -0.2) is 8.78 Å². The van der Waals surface area contributed by atoms with Gasteiger partial charge >= 0.3 is 0 Å². The highest BCUT2D eigenvalue weighted by molar-refractivity contribution is 6.42. The number of benzene rings is 1. The van der Waals surface area contributed by atoms with Crippen LogP contribution in [0.1, 0.15) is 12.8 Å². The standard InChI is InChI=1S/C13H15Cl2F2N5.ClH/c14-9-2-1-8(7-10(9)15)20-11(18)21-12(19)22-5-3-13(16,17)4-6-22;/h1-2,7H,3-6H2,(H4,18,19,20,21);1H. The summed E-state index contributed by atoms with van der Waals surface area (Å²) in [5.41, 5.74) is 0.532. The second-order valence-corrected chi connectivity index (χ2v) is 5.76. The van der Waals surface area contributed by atoms with Crippen molar-refractivity contribution in [1.29, 1.82) is 10.8 Å². The van der Waals surface area contributed by atoms with Gasteiger partial charge in [-0.15, -0.1) is 12.4 Å². The van der Waals surface area contributed by atoms with Crippen LogP contribution in [-0.2, 0) is 0 Å². The molecular formula is C13H16Cl3F2N5. The van der Waals surface area contributed by atoms with Gasteiger partial charge in [0.25, 0.3) is 5.92 Å². The van der Waals surface area contributed by atoms with Crippen molar-refractivity contribution in [3.05, 3.63) is 28.2 Å². The van der Waals surface area contributed by atoms with Gasteiger partial charge in [0.05, 0.1) is 10.0 Å². The van der Waals surface area contributed by atoms with Crippen LogP contribution >= 0.6 is 35.6 Å². The van der Waals surface area contributed by atoms with E-state index >= 15 is 0 Å². The van der Waals surface area contributed by atoms with Gasteiger partial charge in [0, 0.05) is 31.6 Å². The van der Waals surface area contributed by atoms with E-state index in [1.807, 2.05) is 0 Å². The second kappa shape index (κ2) is 7.99. The molecule has 4 N–H and O–H groups in total. The number of hydrogen-bond donors (Lipinski definition) is 4. The van der Waals surface area contributed by atoms with Gasteiger partial charge in [0.15, 0.2) is 11.9 Å². The quantitative estimate of drug-likeness (QED) is 0.435. The lowest BCUT2D eigenvalue weighted by atomic mass is 10.1. The molecule has 1 saturated heterocycles. The third-order valence-electron chi connectivity index (χ3n) is 3.24. The summed E-state index contributed by atoms with van der Waals surface area (Å²) >= 11 is 11.7. The number of nitrogens with one attached hydrogen (secondary N) is 4. The molecule has 0 aliphatic carbocycles. The largest absolute Gasteiger partial charge is 0.342 e. The van der Waals surface area contributed by atoms with Crippen molar-refractivity contribution in [2.24, 2.45) is 0 Å². The molecule has 0 aromatic heterocycles. The molecule has 128 valence electrons. The van der Waals surface area contributed by atoms with Crippen LogP contribution < -0.4 is 10.6 Å². The number of alkyl halides is 2. The summed E-state index contributed by atoms with van der Waals surface area (Å²) in [7, 11) is 0. The third kappa shape index (κ3) is 5.67. The number of hydrogen-bond acceptors (Lipinski definition) is 2. The van der Waals surface area contributed by atoms with Crippen molar-refractivity contribution < 1.29 is 8.78 Å². The molecule has 0 bridgehead atoms. The number of nitrogens with zero attached hydrogens (tertiary/aromatic N) is 1. The summed E-state index contributed by atoms with van der Waals surface area (Å²) in [6.07, 6.45) is -0.574. The van der Waals surface area contributed by atoms with Crippen LogP contribution in [0.15, 0.2) is 18.2 Å². The number of halogens is 5. The first-order valence-corrected chi connectivity index (χ1v) is 7.31. The maximum Gasteiger partial charge on any atom is 0.251 e. The van der Waals surface area contributed by atoms with Gasteiger partial charge in [0.1, 0.15) is 0 Å². The molecule has 1 aromatic carbocycles. The van der Waals surface area contributed by atoms with Crippen LogP contribution in [0.4, 0.5) is 14.5 Å². The Balaban J connectivity index is 0.00000264. The molecule has 0 amide bonds. The Labute approximate surface area is 148 Å². The van der Waals surface area contributed by atoms with Crippen molar-refractivity contribution >= 4 is 53.2 Å². The van der Waals surface area contributed by atoms with Crippen molar-refractivity contribution in [3.8, 4) is 0 Å². The molecule has 0 radical (unpaired) electrons. The van der Waals surface area contributed by atoms with E-state index in [0.29, 0.717) is 15.7 Å². The zero-order chi connectivity index (χ0) is 16.3. The van der Waals surface area contributed by atoms with Crippen LogP contribution in [0.2, 0.25) is 10.0 Å². The Morgan fingerprint density at radius 2 is 1.74 bits per heavy atom. The molecule has 1 heterocycles. The lowest BCUT2D eigenvalue weighted by Crippen LogP contribution is -2.50. The molecule has 5 nitrogen and oxygen atoms in total. The molecule has 0 atom stereocenters. The number of guanidine groups is 2. The molecule has 2 rings (SSSR count). The van der Waals surface area contributed by atoms with Gasteiger partial charge in [-0.1, -0.05) is 23.2 Å². The molecule has 0 unspecified atom stereocenters. The monoisotopic (exact) mass is 385 g/mol. The van der Waals surface area contributed by atoms with Gasteiger partial charge < -0.3 is 10.2 Å². The van der Waals surface area contributed by atoms with Gasteiger partial charge in [0.2, 0.25) is 0 Å². The maximum absolute atomic E-state index is 13.1. The highest BCUT2D eigenvalue weighted by atomic mass is 35.5. The van der Waals surface area contributed by atoms with Crippen molar-refractivity contribution in [2.45, 2.75) is 18.8 Å².